The maximum atomic E-state index is 13.5. The molecule has 1 nitrogen and oxygen atoms in total. The number of benzene rings is 2. The first kappa shape index (κ1) is 11.0. The van der Waals surface area contributed by atoms with Gasteiger partial charge in [0.1, 0.15) is 5.83 Å². The van der Waals surface area contributed by atoms with Gasteiger partial charge < -0.3 is 5.73 Å². The van der Waals surface area contributed by atoms with Crippen LogP contribution in [0.15, 0.2) is 66.1 Å². The van der Waals surface area contributed by atoms with Crippen LogP contribution in [0.25, 0.3) is 10.8 Å². The standard InChI is InChI=1S/C16H14FN/c17-13-8-12(9-14(18)10-13)16-7-3-5-11-4-1-2-6-15(11)16/h1-8,10,12H,9,18H2. The molecule has 0 saturated carbocycles. The number of fused-ring (bicyclic) bond motifs is 1. The quantitative estimate of drug-likeness (QED) is 0.799. The molecule has 0 bridgehead atoms. The van der Waals surface area contributed by atoms with Gasteiger partial charge in [-0.3, -0.25) is 0 Å². The predicted octanol–water partition coefficient (Wildman–Crippen LogP) is 4.02. The van der Waals surface area contributed by atoms with Crippen molar-refractivity contribution in [2.24, 2.45) is 5.73 Å². The van der Waals surface area contributed by atoms with Crippen LogP contribution in [-0.4, -0.2) is 0 Å². The summed E-state index contributed by atoms with van der Waals surface area (Å²) in [5.74, 6) is -0.210. The number of nitrogens with two attached hydrogens (primary N) is 1. The van der Waals surface area contributed by atoms with Crippen molar-refractivity contribution in [3.05, 3.63) is 71.7 Å². The topological polar surface area (TPSA) is 26.0 Å². The Bertz CT molecular complexity index is 650. The van der Waals surface area contributed by atoms with E-state index in [9.17, 15) is 4.39 Å². The minimum atomic E-state index is -0.239. The Hall–Kier alpha value is -2.09. The molecule has 18 heavy (non-hydrogen) atoms. The summed E-state index contributed by atoms with van der Waals surface area (Å²) in [6.07, 6.45) is 3.74. The molecule has 0 amide bonds. The predicted molar refractivity (Wildman–Crippen MR) is 72.8 cm³/mol. The van der Waals surface area contributed by atoms with Crippen molar-refractivity contribution in [3.63, 3.8) is 0 Å². The van der Waals surface area contributed by atoms with Crippen LogP contribution < -0.4 is 5.73 Å². The van der Waals surface area contributed by atoms with Crippen LogP contribution in [0.3, 0.4) is 0 Å². The number of halogens is 1. The van der Waals surface area contributed by atoms with Crippen molar-refractivity contribution in [2.45, 2.75) is 12.3 Å². The molecule has 1 atom stereocenters. The average Bonchev–Trinajstić information content (AvgIpc) is 2.37. The molecule has 0 spiro atoms. The zero-order valence-electron chi connectivity index (χ0n) is 9.94. The van der Waals surface area contributed by atoms with Crippen LogP contribution in [-0.2, 0) is 0 Å². The van der Waals surface area contributed by atoms with Gasteiger partial charge in [0.15, 0.2) is 0 Å². The van der Waals surface area contributed by atoms with Gasteiger partial charge in [-0.05, 0) is 34.9 Å². The first-order chi connectivity index (χ1) is 8.74. The molecule has 90 valence electrons. The Morgan fingerprint density at radius 3 is 2.67 bits per heavy atom. The highest BCUT2D eigenvalue weighted by atomic mass is 19.1. The maximum absolute atomic E-state index is 13.5. The number of rotatable bonds is 1. The molecule has 1 unspecified atom stereocenters. The number of hydrogen-bond acceptors (Lipinski definition) is 1. The minimum absolute atomic E-state index is 0.0288. The Balaban J connectivity index is 2.13. The van der Waals surface area contributed by atoms with E-state index in [4.69, 9.17) is 5.73 Å². The van der Waals surface area contributed by atoms with Gasteiger partial charge in [0.05, 0.1) is 0 Å². The third-order valence-electron chi connectivity index (χ3n) is 3.36. The Morgan fingerprint density at radius 1 is 1.06 bits per heavy atom. The second-order valence-corrected chi connectivity index (χ2v) is 4.65. The smallest absolute Gasteiger partial charge is 0.121 e. The lowest BCUT2D eigenvalue weighted by Gasteiger charge is -2.19. The number of allylic oxidation sites excluding steroid dienone is 4. The molecule has 1 aliphatic carbocycles. The summed E-state index contributed by atoms with van der Waals surface area (Å²) in [7, 11) is 0. The van der Waals surface area contributed by atoms with Crippen LogP contribution in [0.4, 0.5) is 4.39 Å². The molecule has 0 aliphatic heterocycles. The SMILES string of the molecule is NC1=CC(F)=CC(c2cccc3ccccc23)C1. The summed E-state index contributed by atoms with van der Waals surface area (Å²) in [5, 5.41) is 2.35. The normalized spacial score (nSPS) is 19.5. The molecular formula is C16H14FN. The Kier molecular flexibility index (Phi) is 2.63. The molecule has 1 aliphatic rings. The zero-order chi connectivity index (χ0) is 12.5. The third-order valence-corrected chi connectivity index (χ3v) is 3.36. The van der Waals surface area contributed by atoms with E-state index in [2.05, 4.69) is 24.3 Å². The van der Waals surface area contributed by atoms with Crippen LogP contribution in [0.1, 0.15) is 17.9 Å². The molecule has 0 saturated heterocycles. The van der Waals surface area contributed by atoms with Gasteiger partial charge in [-0.2, -0.15) is 0 Å². The van der Waals surface area contributed by atoms with Crippen LogP contribution in [0.5, 0.6) is 0 Å². The Morgan fingerprint density at radius 2 is 1.83 bits per heavy atom. The molecule has 3 rings (SSSR count). The summed E-state index contributed by atoms with van der Waals surface area (Å²) >= 11 is 0. The largest absolute Gasteiger partial charge is 0.402 e. The second kappa shape index (κ2) is 4.30. The van der Waals surface area contributed by atoms with Crippen molar-refractivity contribution in [3.8, 4) is 0 Å². The van der Waals surface area contributed by atoms with Crippen molar-refractivity contribution < 1.29 is 4.39 Å². The summed E-state index contributed by atoms with van der Waals surface area (Å²) in [6.45, 7) is 0. The van der Waals surface area contributed by atoms with E-state index in [0.717, 1.165) is 5.56 Å². The van der Waals surface area contributed by atoms with Crippen LogP contribution >= 0.6 is 0 Å². The van der Waals surface area contributed by atoms with E-state index in [0.29, 0.717) is 12.1 Å². The summed E-state index contributed by atoms with van der Waals surface area (Å²) in [4.78, 5) is 0. The van der Waals surface area contributed by atoms with Gasteiger partial charge in [0.25, 0.3) is 0 Å². The first-order valence-corrected chi connectivity index (χ1v) is 6.05. The third kappa shape index (κ3) is 1.90. The fourth-order valence-electron chi connectivity index (χ4n) is 2.56. The lowest BCUT2D eigenvalue weighted by molar-refractivity contribution is 0.631. The fraction of sp³-hybridized carbons (Fsp3) is 0.125. The van der Waals surface area contributed by atoms with E-state index in [1.54, 1.807) is 6.08 Å². The molecular weight excluding hydrogens is 225 g/mol. The molecule has 0 aromatic heterocycles. The van der Waals surface area contributed by atoms with Crippen molar-refractivity contribution in [1.82, 2.24) is 0 Å². The average molecular weight is 239 g/mol. The van der Waals surface area contributed by atoms with E-state index in [1.165, 1.54) is 16.8 Å². The molecule has 2 aromatic rings. The zero-order valence-corrected chi connectivity index (χ0v) is 9.94. The summed E-state index contributed by atoms with van der Waals surface area (Å²) in [6, 6.07) is 14.3. The van der Waals surface area contributed by atoms with Crippen molar-refractivity contribution in [2.75, 3.05) is 0 Å². The lowest BCUT2D eigenvalue weighted by atomic mass is 9.87. The van der Waals surface area contributed by atoms with Crippen LogP contribution in [0.2, 0.25) is 0 Å². The monoisotopic (exact) mass is 239 g/mol. The number of hydrogen-bond donors (Lipinski definition) is 1. The maximum Gasteiger partial charge on any atom is 0.121 e. The molecule has 0 fully saturated rings. The first-order valence-electron chi connectivity index (χ1n) is 6.05. The summed E-state index contributed by atoms with van der Waals surface area (Å²) in [5.41, 5.74) is 7.52. The van der Waals surface area contributed by atoms with Gasteiger partial charge >= 0.3 is 0 Å². The van der Waals surface area contributed by atoms with E-state index >= 15 is 0 Å². The highest BCUT2D eigenvalue weighted by Gasteiger charge is 2.17. The highest BCUT2D eigenvalue weighted by Crippen LogP contribution is 2.33. The van der Waals surface area contributed by atoms with E-state index < -0.39 is 0 Å². The molecule has 2 N–H and O–H groups in total. The molecule has 0 heterocycles. The Labute approximate surface area is 105 Å². The second-order valence-electron chi connectivity index (χ2n) is 4.65. The molecule has 0 radical (unpaired) electrons. The van der Waals surface area contributed by atoms with Gasteiger partial charge in [0.2, 0.25) is 0 Å². The van der Waals surface area contributed by atoms with Crippen molar-refractivity contribution >= 4 is 10.8 Å². The van der Waals surface area contributed by atoms with Crippen molar-refractivity contribution in [1.29, 1.82) is 0 Å². The highest BCUT2D eigenvalue weighted by molar-refractivity contribution is 5.86. The van der Waals surface area contributed by atoms with E-state index in [-0.39, 0.29) is 11.7 Å². The molecule has 2 aromatic carbocycles. The summed E-state index contributed by atoms with van der Waals surface area (Å²) < 4.78 is 13.5. The van der Waals surface area contributed by atoms with E-state index in [1.807, 2.05) is 18.2 Å². The van der Waals surface area contributed by atoms with Gasteiger partial charge in [-0.1, -0.05) is 42.5 Å². The lowest BCUT2D eigenvalue weighted by Crippen LogP contribution is -2.08. The van der Waals surface area contributed by atoms with Crippen LogP contribution in [0, 0.1) is 0 Å². The molecule has 2 heteroatoms. The van der Waals surface area contributed by atoms with Gasteiger partial charge in [-0.25, -0.2) is 4.39 Å². The van der Waals surface area contributed by atoms with Gasteiger partial charge in [-0.15, -0.1) is 0 Å². The van der Waals surface area contributed by atoms with Gasteiger partial charge in [0, 0.05) is 11.6 Å². The minimum Gasteiger partial charge on any atom is -0.402 e. The fourth-order valence-corrected chi connectivity index (χ4v) is 2.56.